The molecule has 0 aromatic heterocycles. The zero-order valence-corrected chi connectivity index (χ0v) is 17.4. The number of halogens is 1. The van der Waals surface area contributed by atoms with Crippen LogP contribution in [0.15, 0.2) is 59.9 Å². The third kappa shape index (κ3) is 3.21. The average Bonchev–Trinajstić information content (AvgIpc) is 3.53. The third-order valence-corrected chi connectivity index (χ3v) is 5.98. The second-order valence-corrected chi connectivity index (χ2v) is 7.94. The number of carbonyl (C=O) groups is 2. The molecule has 7 heteroatoms. The number of fused-ring (bicyclic) bond motifs is 1. The van der Waals surface area contributed by atoms with E-state index in [1.54, 1.807) is 48.2 Å². The minimum Gasteiger partial charge on any atom is -0.457 e. The standard InChI is InChI=1S/C23H20ClN3O3/c1-26-18-5-3-4-6-19(18)27(2)21(26)17(13-25)20(28)14-30-22(29)23(11-12-23)15-7-9-16(24)10-8-15/h3-10H,11-12,14H2,1-2H3. The average molecular weight is 422 g/mol. The van der Waals surface area contributed by atoms with Crippen LogP contribution in [-0.2, 0) is 19.7 Å². The van der Waals surface area contributed by atoms with Crippen LogP contribution in [0, 0.1) is 11.3 Å². The van der Waals surface area contributed by atoms with Gasteiger partial charge in [-0.15, -0.1) is 0 Å². The van der Waals surface area contributed by atoms with Gasteiger partial charge >= 0.3 is 5.97 Å². The zero-order valence-electron chi connectivity index (χ0n) is 16.7. The largest absolute Gasteiger partial charge is 0.457 e. The van der Waals surface area contributed by atoms with Crippen molar-refractivity contribution in [2.24, 2.45) is 0 Å². The van der Waals surface area contributed by atoms with Gasteiger partial charge in [0.05, 0.1) is 16.8 Å². The first-order chi connectivity index (χ1) is 14.4. The third-order valence-electron chi connectivity index (χ3n) is 5.73. The van der Waals surface area contributed by atoms with Crippen molar-refractivity contribution in [3.63, 3.8) is 0 Å². The second kappa shape index (κ2) is 7.51. The summed E-state index contributed by atoms with van der Waals surface area (Å²) >= 11 is 5.93. The number of para-hydroxylation sites is 2. The fourth-order valence-corrected chi connectivity index (χ4v) is 4.03. The van der Waals surface area contributed by atoms with Gasteiger partial charge in [0.15, 0.2) is 6.61 Å². The maximum atomic E-state index is 12.8. The molecule has 0 atom stereocenters. The van der Waals surface area contributed by atoms with Gasteiger partial charge in [0.1, 0.15) is 17.5 Å². The van der Waals surface area contributed by atoms with Crippen LogP contribution >= 0.6 is 11.6 Å². The summed E-state index contributed by atoms with van der Waals surface area (Å²) in [7, 11) is 3.60. The van der Waals surface area contributed by atoms with E-state index in [9.17, 15) is 14.9 Å². The van der Waals surface area contributed by atoms with Crippen molar-refractivity contribution in [1.82, 2.24) is 0 Å². The Morgan fingerprint density at radius 1 is 1.07 bits per heavy atom. The predicted octanol–water partition coefficient (Wildman–Crippen LogP) is 3.81. The molecule has 6 nitrogen and oxygen atoms in total. The number of Topliss-reactive ketones (excluding diaryl/α,β-unsaturated/α-hetero) is 1. The van der Waals surface area contributed by atoms with Crippen molar-refractivity contribution in [2.45, 2.75) is 18.3 Å². The van der Waals surface area contributed by atoms with Crippen LogP contribution in [-0.4, -0.2) is 32.5 Å². The lowest BCUT2D eigenvalue weighted by atomic mass is 9.96. The molecular weight excluding hydrogens is 402 g/mol. The number of ether oxygens (including phenoxy) is 1. The van der Waals surface area contributed by atoms with Crippen LogP contribution in [0.1, 0.15) is 18.4 Å². The number of hydrogen-bond donors (Lipinski definition) is 0. The Balaban J connectivity index is 1.51. The van der Waals surface area contributed by atoms with E-state index in [4.69, 9.17) is 16.3 Å². The zero-order chi connectivity index (χ0) is 21.5. The highest BCUT2D eigenvalue weighted by atomic mass is 35.5. The van der Waals surface area contributed by atoms with Crippen LogP contribution in [0.2, 0.25) is 5.02 Å². The number of esters is 1. The summed E-state index contributed by atoms with van der Waals surface area (Å²) in [6, 6.07) is 16.7. The van der Waals surface area contributed by atoms with E-state index >= 15 is 0 Å². The van der Waals surface area contributed by atoms with Gasteiger partial charge in [-0.2, -0.15) is 5.26 Å². The van der Waals surface area contributed by atoms with Crippen LogP contribution < -0.4 is 9.80 Å². The lowest BCUT2D eigenvalue weighted by Gasteiger charge is -2.20. The smallest absolute Gasteiger partial charge is 0.317 e. The van der Waals surface area contributed by atoms with Crippen LogP contribution in [0.25, 0.3) is 0 Å². The van der Waals surface area contributed by atoms with E-state index in [0.29, 0.717) is 23.7 Å². The SMILES string of the molecule is CN1C(=C(C#N)C(=O)COC(=O)C2(c3ccc(Cl)cc3)CC2)N(C)c2ccccc21. The minimum absolute atomic E-state index is 0.0414. The minimum atomic E-state index is -0.720. The number of hydrogen-bond acceptors (Lipinski definition) is 6. The Labute approximate surface area is 179 Å². The lowest BCUT2D eigenvalue weighted by molar-refractivity contribution is -0.149. The van der Waals surface area contributed by atoms with Gasteiger partial charge < -0.3 is 14.5 Å². The molecule has 0 amide bonds. The topological polar surface area (TPSA) is 73.6 Å². The van der Waals surface area contributed by atoms with Crippen molar-refractivity contribution in [3.8, 4) is 6.07 Å². The molecule has 1 fully saturated rings. The summed E-state index contributed by atoms with van der Waals surface area (Å²) in [5.41, 5.74) is 1.86. The monoisotopic (exact) mass is 421 g/mol. The Hall–Kier alpha value is -3.30. The number of ketones is 1. The first-order valence-electron chi connectivity index (χ1n) is 9.56. The Morgan fingerprint density at radius 2 is 1.63 bits per heavy atom. The van der Waals surface area contributed by atoms with Crippen LogP contribution in [0.4, 0.5) is 11.4 Å². The molecule has 0 saturated heterocycles. The number of nitriles is 1. The molecule has 30 heavy (non-hydrogen) atoms. The van der Waals surface area contributed by atoms with E-state index in [2.05, 4.69) is 0 Å². The van der Waals surface area contributed by atoms with Gasteiger partial charge in [-0.3, -0.25) is 9.59 Å². The molecule has 0 spiro atoms. The van der Waals surface area contributed by atoms with Crippen LogP contribution in [0.3, 0.4) is 0 Å². The first kappa shape index (κ1) is 20.0. The van der Waals surface area contributed by atoms with Gasteiger partial charge in [-0.05, 0) is 42.7 Å². The van der Waals surface area contributed by atoms with E-state index in [-0.39, 0.29) is 5.57 Å². The van der Waals surface area contributed by atoms with Crippen molar-refractivity contribution in [3.05, 3.63) is 70.5 Å². The van der Waals surface area contributed by atoms with Crippen molar-refractivity contribution >= 4 is 34.7 Å². The second-order valence-electron chi connectivity index (χ2n) is 7.51. The van der Waals surface area contributed by atoms with E-state index < -0.39 is 23.8 Å². The molecule has 0 bridgehead atoms. The number of anilines is 2. The lowest BCUT2D eigenvalue weighted by Crippen LogP contribution is -2.29. The summed E-state index contributed by atoms with van der Waals surface area (Å²) in [5.74, 6) is -0.505. The van der Waals surface area contributed by atoms with Gasteiger partial charge in [0.25, 0.3) is 0 Å². The van der Waals surface area contributed by atoms with Crippen molar-refractivity contribution in [1.29, 1.82) is 5.26 Å². The van der Waals surface area contributed by atoms with Crippen LogP contribution in [0.5, 0.6) is 0 Å². The highest BCUT2D eigenvalue weighted by Gasteiger charge is 2.53. The molecule has 0 N–H and O–H groups in total. The Kier molecular flexibility index (Phi) is 5.00. The summed E-state index contributed by atoms with van der Waals surface area (Å²) in [6.45, 7) is -0.474. The van der Waals surface area contributed by atoms with Gasteiger partial charge in [0, 0.05) is 19.1 Å². The first-order valence-corrected chi connectivity index (χ1v) is 9.94. The molecule has 1 saturated carbocycles. The number of carbonyl (C=O) groups excluding carboxylic acids is 2. The summed E-state index contributed by atoms with van der Waals surface area (Å²) in [5, 5.41) is 10.3. The molecule has 2 aromatic carbocycles. The quantitative estimate of drug-likeness (QED) is 0.415. The number of benzene rings is 2. The summed E-state index contributed by atoms with van der Waals surface area (Å²) in [6.07, 6.45) is 1.32. The maximum absolute atomic E-state index is 12.8. The fourth-order valence-electron chi connectivity index (χ4n) is 3.90. The van der Waals surface area contributed by atoms with Crippen molar-refractivity contribution in [2.75, 3.05) is 30.5 Å². The maximum Gasteiger partial charge on any atom is 0.317 e. The van der Waals surface area contributed by atoms with Gasteiger partial charge in [-0.1, -0.05) is 35.9 Å². The normalized spacial score (nSPS) is 16.0. The highest BCUT2D eigenvalue weighted by molar-refractivity contribution is 6.30. The predicted molar refractivity (Wildman–Crippen MR) is 114 cm³/mol. The number of rotatable bonds is 5. The van der Waals surface area contributed by atoms with Gasteiger partial charge in [0.2, 0.25) is 5.78 Å². The molecule has 1 aliphatic carbocycles. The van der Waals surface area contributed by atoms with E-state index in [1.807, 2.05) is 30.3 Å². The van der Waals surface area contributed by atoms with E-state index in [0.717, 1.165) is 16.9 Å². The molecular formula is C23H20ClN3O3. The highest BCUT2D eigenvalue weighted by Crippen LogP contribution is 2.49. The molecule has 1 aliphatic heterocycles. The van der Waals surface area contributed by atoms with Gasteiger partial charge in [-0.25, -0.2) is 0 Å². The molecule has 4 rings (SSSR count). The van der Waals surface area contributed by atoms with Crippen molar-refractivity contribution < 1.29 is 14.3 Å². The Morgan fingerprint density at radius 3 is 2.13 bits per heavy atom. The molecule has 152 valence electrons. The number of nitrogens with zero attached hydrogens (tertiary/aromatic N) is 3. The molecule has 0 unspecified atom stereocenters. The summed E-state index contributed by atoms with van der Waals surface area (Å²) < 4.78 is 5.36. The molecule has 2 aliphatic rings. The molecule has 2 aromatic rings. The molecule has 1 heterocycles. The van der Waals surface area contributed by atoms with E-state index in [1.165, 1.54) is 0 Å². The fraction of sp³-hybridized carbons (Fsp3) is 0.261. The molecule has 0 radical (unpaired) electrons. The Bertz CT molecular complexity index is 1070. The summed E-state index contributed by atoms with van der Waals surface area (Å²) in [4.78, 5) is 29.1.